The molecule has 6 unspecified atom stereocenters. The highest BCUT2D eigenvalue weighted by Gasteiger charge is 2.38. The van der Waals surface area contributed by atoms with E-state index in [0.717, 1.165) is 42.9 Å². The van der Waals surface area contributed by atoms with Gasteiger partial charge in [0.15, 0.2) is 0 Å². The van der Waals surface area contributed by atoms with E-state index < -0.39 is 0 Å². The van der Waals surface area contributed by atoms with Gasteiger partial charge in [-0.2, -0.15) is 0 Å². The van der Waals surface area contributed by atoms with Crippen molar-refractivity contribution in [2.75, 3.05) is 13.6 Å². The van der Waals surface area contributed by atoms with Crippen molar-refractivity contribution in [1.29, 1.82) is 0 Å². The zero-order valence-electron chi connectivity index (χ0n) is 34.7. The number of nitrogens with one attached hydrogen (secondary N) is 1. The molecule has 1 heterocycles. The summed E-state index contributed by atoms with van der Waals surface area (Å²) in [6.07, 6.45) is 17.4. The van der Waals surface area contributed by atoms with Gasteiger partial charge in [0, 0.05) is 24.7 Å². The van der Waals surface area contributed by atoms with Crippen LogP contribution < -0.4 is 10.8 Å². The van der Waals surface area contributed by atoms with Crippen molar-refractivity contribution in [3.05, 3.63) is 22.3 Å². The van der Waals surface area contributed by atoms with Crippen LogP contribution in [0.5, 0.6) is 0 Å². The fourth-order valence-electron chi connectivity index (χ4n) is 8.02. The first kappa shape index (κ1) is 50.2. The standard InChI is InChI=1S/C23H48N3P.C11H20.C4H10.2C2H6/c1-7-12-19(25-27)14-13-17(8-2)20(10-4)22(24)15-23-21(11-5)18(9-3)16-26(23)6;1-5-10-8(3)7-9(4)11(10)6-2;1-3-4-2;2*1-2/h18-19,21-23,25H,7-16,24,27H2,1-6H3;8-9H,5-7H2,1-4H3;3-4H2,1-2H3;2*1-2H3/b20-17-;;;;/t18?,19?,21?,22-,23+;;;;/m1..../s1. The van der Waals surface area contributed by atoms with Gasteiger partial charge in [-0.25, -0.2) is 0 Å². The zero-order chi connectivity index (χ0) is 36.2. The van der Waals surface area contributed by atoms with E-state index in [1.165, 1.54) is 77.2 Å². The predicted octanol–water partition coefficient (Wildman–Crippen LogP) is 13.2. The van der Waals surface area contributed by atoms with Gasteiger partial charge in [-0.3, -0.25) is 5.09 Å². The summed E-state index contributed by atoms with van der Waals surface area (Å²) in [4.78, 5) is 2.59. The smallest absolute Gasteiger partial charge is 0.0271 e. The van der Waals surface area contributed by atoms with Crippen molar-refractivity contribution in [3.8, 4) is 0 Å². The van der Waals surface area contributed by atoms with Crippen LogP contribution in [0.15, 0.2) is 22.3 Å². The Bertz CT molecular complexity index is 725. The average molecular weight is 668 g/mol. The molecule has 8 atom stereocenters. The SMILES string of the molecule is CC.CC.CCC1=C(CC)C(C)CC1C.CCCC.CCCC(CC/C(CC)=C(/CC)[C@H](N)C[C@H]1C(CC)C(CC)CN1C)NP. The fourth-order valence-corrected chi connectivity index (χ4v) is 8.36. The molecular formula is C42H90N3P. The van der Waals surface area contributed by atoms with Crippen LogP contribution in [-0.2, 0) is 0 Å². The number of rotatable bonds is 16. The third-order valence-electron chi connectivity index (χ3n) is 10.6. The van der Waals surface area contributed by atoms with Crippen molar-refractivity contribution in [2.45, 2.75) is 212 Å². The summed E-state index contributed by atoms with van der Waals surface area (Å²) in [5.74, 6) is 3.39. The van der Waals surface area contributed by atoms with E-state index in [0.29, 0.717) is 12.1 Å². The van der Waals surface area contributed by atoms with Crippen LogP contribution in [0.3, 0.4) is 0 Å². The highest BCUT2D eigenvalue weighted by molar-refractivity contribution is 7.13. The topological polar surface area (TPSA) is 41.3 Å². The van der Waals surface area contributed by atoms with Crippen LogP contribution in [0.2, 0.25) is 0 Å². The third kappa shape index (κ3) is 18.0. The minimum Gasteiger partial charge on any atom is -0.324 e. The van der Waals surface area contributed by atoms with Gasteiger partial charge in [0.25, 0.3) is 0 Å². The monoisotopic (exact) mass is 668 g/mol. The summed E-state index contributed by atoms with van der Waals surface area (Å²) in [6.45, 7) is 34.5. The largest absolute Gasteiger partial charge is 0.324 e. The Morgan fingerprint density at radius 1 is 0.804 bits per heavy atom. The summed E-state index contributed by atoms with van der Waals surface area (Å²) in [7, 11) is 5.02. The van der Waals surface area contributed by atoms with Crippen molar-refractivity contribution in [1.82, 2.24) is 9.99 Å². The van der Waals surface area contributed by atoms with Crippen LogP contribution in [0.4, 0.5) is 0 Å². The number of nitrogens with two attached hydrogens (primary N) is 1. The van der Waals surface area contributed by atoms with Crippen molar-refractivity contribution in [3.63, 3.8) is 0 Å². The molecule has 4 heteroatoms. The molecule has 46 heavy (non-hydrogen) atoms. The molecule has 1 fully saturated rings. The van der Waals surface area contributed by atoms with Gasteiger partial charge in [-0.15, -0.1) is 0 Å². The molecule has 3 N–H and O–H groups in total. The quantitative estimate of drug-likeness (QED) is 0.127. The second-order valence-electron chi connectivity index (χ2n) is 13.4. The van der Waals surface area contributed by atoms with Gasteiger partial charge < -0.3 is 10.6 Å². The van der Waals surface area contributed by atoms with E-state index in [2.05, 4.69) is 103 Å². The molecule has 1 saturated heterocycles. The summed E-state index contributed by atoms with van der Waals surface area (Å²) < 4.78 is 0. The Morgan fingerprint density at radius 2 is 1.33 bits per heavy atom. The van der Waals surface area contributed by atoms with Crippen LogP contribution in [0.1, 0.15) is 194 Å². The summed E-state index contributed by atoms with van der Waals surface area (Å²) >= 11 is 0. The van der Waals surface area contributed by atoms with E-state index in [4.69, 9.17) is 5.73 Å². The molecule has 0 amide bonds. The fraction of sp³-hybridized carbons (Fsp3) is 0.905. The maximum absolute atomic E-state index is 6.84. The molecule has 278 valence electrons. The molecule has 2 aliphatic rings. The lowest BCUT2D eigenvalue weighted by molar-refractivity contribution is 0.240. The zero-order valence-corrected chi connectivity index (χ0v) is 35.9. The van der Waals surface area contributed by atoms with Gasteiger partial charge in [-0.1, -0.05) is 168 Å². The number of hydrogen-bond acceptors (Lipinski definition) is 3. The molecule has 1 aliphatic heterocycles. The summed E-state index contributed by atoms with van der Waals surface area (Å²) in [5.41, 5.74) is 13.5. The van der Waals surface area contributed by atoms with E-state index in [9.17, 15) is 0 Å². The molecule has 2 rings (SSSR count). The molecule has 0 aromatic heterocycles. The maximum atomic E-state index is 6.84. The lowest BCUT2D eigenvalue weighted by Gasteiger charge is -2.30. The molecule has 0 aromatic rings. The number of unbranched alkanes of at least 4 members (excludes halogenated alkanes) is 1. The van der Waals surface area contributed by atoms with E-state index in [1.54, 1.807) is 22.3 Å². The summed E-state index contributed by atoms with van der Waals surface area (Å²) in [5, 5.41) is 3.41. The second-order valence-corrected chi connectivity index (χ2v) is 13.7. The molecule has 1 aliphatic carbocycles. The highest BCUT2D eigenvalue weighted by atomic mass is 31.0. The Balaban J connectivity index is -0.000000796. The minimum atomic E-state index is 0.218. The van der Waals surface area contributed by atoms with Gasteiger partial charge in [0.05, 0.1) is 0 Å². The lowest BCUT2D eigenvalue weighted by atomic mass is 9.82. The lowest BCUT2D eigenvalue weighted by Crippen LogP contribution is -2.37. The highest BCUT2D eigenvalue weighted by Crippen LogP contribution is 2.39. The Hall–Kier alpha value is -0.210. The molecule has 0 radical (unpaired) electrons. The van der Waals surface area contributed by atoms with Gasteiger partial charge in [0.1, 0.15) is 0 Å². The molecule has 3 nitrogen and oxygen atoms in total. The maximum Gasteiger partial charge on any atom is 0.0271 e. The summed E-state index contributed by atoms with van der Waals surface area (Å²) in [6, 6.07) is 1.47. The number of likely N-dealkylation sites (tertiary alicyclic amines) is 1. The minimum absolute atomic E-state index is 0.218. The number of nitrogens with zero attached hydrogens (tertiary/aromatic N) is 1. The van der Waals surface area contributed by atoms with Crippen molar-refractivity contribution in [2.24, 2.45) is 29.4 Å². The first-order valence-electron chi connectivity index (χ1n) is 20.4. The average Bonchev–Trinajstić information content (AvgIpc) is 3.55. The van der Waals surface area contributed by atoms with Crippen LogP contribution in [0.25, 0.3) is 0 Å². The Kier molecular flexibility index (Phi) is 34.9. The number of allylic oxidation sites excluding steroid dienone is 3. The van der Waals surface area contributed by atoms with Crippen LogP contribution in [-0.4, -0.2) is 36.6 Å². The Morgan fingerprint density at radius 3 is 1.67 bits per heavy atom. The second kappa shape index (κ2) is 32.0. The molecule has 0 saturated carbocycles. The van der Waals surface area contributed by atoms with E-state index in [-0.39, 0.29) is 6.04 Å². The molecule has 0 spiro atoms. The first-order valence-corrected chi connectivity index (χ1v) is 21.0. The van der Waals surface area contributed by atoms with E-state index >= 15 is 0 Å². The van der Waals surface area contributed by atoms with Crippen LogP contribution in [0, 0.1) is 23.7 Å². The van der Waals surface area contributed by atoms with Gasteiger partial charge >= 0.3 is 0 Å². The third-order valence-corrected chi connectivity index (χ3v) is 11.1. The Labute approximate surface area is 295 Å². The normalized spacial score (nSPS) is 24.3. The predicted molar refractivity (Wildman–Crippen MR) is 219 cm³/mol. The number of hydrogen-bond donors (Lipinski definition) is 2. The van der Waals surface area contributed by atoms with Crippen LogP contribution >= 0.6 is 9.39 Å². The molecular weight excluding hydrogens is 577 g/mol. The van der Waals surface area contributed by atoms with Crippen molar-refractivity contribution >= 4 is 9.39 Å². The first-order chi connectivity index (χ1) is 22.1. The van der Waals surface area contributed by atoms with E-state index in [1.807, 2.05) is 27.7 Å². The molecule has 0 aromatic carbocycles. The molecule has 0 bridgehead atoms. The van der Waals surface area contributed by atoms with Crippen molar-refractivity contribution < 1.29 is 0 Å². The van der Waals surface area contributed by atoms with Gasteiger partial charge in [0.2, 0.25) is 0 Å². The van der Waals surface area contributed by atoms with Gasteiger partial charge in [-0.05, 0) is 88.5 Å².